The van der Waals surface area contributed by atoms with Crippen LogP contribution in [0.25, 0.3) is 0 Å². The number of nitrogens with one attached hydrogen (secondary N) is 1. The second kappa shape index (κ2) is 6.11. The summed E-state index contributed by atoms with van der Waals surface area (Å²) in [5.41, 5.74) is 2.36. The number of para-hydroxylation sites is 1. The minimum absolute atomic E-state index is 0.0429. The van der Waals surface area contributed by atoms with Crippen LogP contribution in [0, 0.1) is 0 Å². The van der Waals surface area contributed by atoms with E-state index in [4.69, 9.17) is 4.52 Å². The first-order valence-electron chi connectivity index (χ1n) is 8.35. The molecule has 1 saturated carbocycles. The molecule has 0 radical (unpaired) electrons. The quantitative estimate of drug-likeness (QED) is 0.935. The standard InChI is InChI=1S/C18H19N3O3/c22-17(21-9-3-5-12-4-1-2-6-15(12)21)11-19-18(23)14-10-16(24-20-14)13-7-8-13/h1-2,4,6,10,13H,3,5,7-9,11H2,(H,19,23). The Balaban J connectivity index is 1.38. The summed E-state index contributed by atoms with van der Waals surface area (Å²) in [4.78, 5) is 26.4. The fourth-order valence-corrected chi connectivity index (χ4v) is 3.09. The van der Waals surface area contributed by atoms with Gasteiger partial charge in [0.15, 0.2) is 5.69 Å². The molecule has 2 heterocycles. The fourth-order valence-electron chi connectivity index (χ4n) is 3.09. The van der Waals surface area contributed by atoms with Crippen molar-refractivity contribution in [3.05, 3.63) is 47.3 Å². The Morgan fingerprint density at radius 2 is 2.12 bits per heavy atom. The smallest absolute Gasteiger partial charge is 0.273 e. The Morgan fingerprint density at radius 3 is 2.96 bits per heavy atom. The van der Waals surface area contributed by atoms with Gasteiger partial charge in [-0.2, -0.15) is 0 Å². The number of nitrogens with zero attached hydrogens (tertiary/aromatic N) is 2. The largest absolute Gasteiger partial charge is 0.360 e. The molecule has 0 spiro atoms. The third kappa shape index (κ3) is 2.91. The maximum atomic E-state index is 12.5. The van der Waals surface area contributed by atoms with E-state index in [-0.39, 0.29) is 24.1 Å². The zero-order chi connectivity index (χ0) is 16.5. The van der Waals surface area contributed by atoms with Gasteiger partial charge in [-0.25, -0.2) is 0 Å². The Labute approximate surface area is 139 Å². The van der Waals surface area contributed by atoms with Crippen LogP contribution in [0.1, 0.15) is 47.0 Å². The number of aromatic nitrogens is 1. The summed E-state index contributed by atoms with van der Waals surface area (Å²) in [7, 11) is 0. The number of aryl methyl sites for hydroxylation is 1. The number of anilines is 1. The van der Waals surface area contributed by atoms with Gasteiger partial charge in [0.25, 0.3) is 5.91 Å². The van der Waals surface area contributed by atoms with E-state index in [1.165, 1.54) is 5.56 Å². The normalized spacial score (nSPS) is 16.6. The number of hydrogen-bond donors (Lipinski definition) is 1. The van der Waals surface area contributed by atoms with Gasteiger partial charge in [-0.3, -0.25) is 9.59 Å². The Hall–Kier alpha value is -2.63. The Bertz CT molecular complexity index is 779. The zero-order valence-corrected chi connectivity index (χ0v) is 13.3. The molecule has 1 aromatic carbocycles. The lowest BCUT2D eigenvalue weighted by Gasteiger charge is -2.29. The molecule has 6 nitrogen and oxygen atoms in total. The van der Waals surface area contributed by atoms with Crippen LogP contribution in [-0.2, 0) is 11.2 Å². The van der Waals surface area contributed by atoms with Crippen molar-refractivity contribution in [2.24, 2.45) is 0 Å². The average molecular weight is 325 g/mol. The molecule has 1 aromatic heterocycles. The predicted octanol–water partition coefficient (Wildman–Crippen LogP) is 2.26. The molecule has 0 saturated heterocycles. The molecule has 1 fully saturated rings. The molecule has 0 bridgehead atoms. The van der Waals surface area contributed by atoms with Crippen molar-refractivity contribution < 1.29 is 14.1 Å². The summed E-state index contributed by atoms with van der Waals surface area (Å²) < 4.78 is 5.17. The summed E-state index contributed by atoms with van der Waals surface area (Å²) in [5, 5.41) is 6.44. The number of carbonyl (C=O) groups is 2. The van der Waals surface area contributed by atoms with Crippen LogP contribution in [0.3, 0.4) is 0 Å². The number of benzene rings is 1. The molecule has 4 rings (SSSR count). The lowest BCUT2D eigenvalue weighted by molar-refractivity contribution is -0.117. The van der Waals surface area contributed by atoms with Crippen molar-refractivity contribution in [3.63, 3.8) is 0 Å². The SMILES string of the molecule is O=C(NCC(=O)N1CCCc2ccccc21)c1cc(C2CC2)on1. The van der Waals surface area contributed by atoms with Gasteiger partial charge in [-0.15, -0.1) is 0 Å². The second-order valence-electron chi connectivity index (χ2n) is 6.35. The minimum Gasteiger partial charge on any atom is -0.360 e. The third-order valence-corrected chi connectivity index (χ3v) is 4.55. The van der Waals surface area contributed by atoms with Gasteiger partial charge >= 0.3 is 0 Å². The fraction of sp³-hybridized carbons (Fsp3) is 0.389. The topological polar surface area (TPSA) is 75.4 Å². The third-order valence-electron chi connectivity index (χ3n) is 4.55. The minimum atomic E-state index is -0.371. The number of fused-ring (bicyclic) bond motifs is 1. The summed E-state index contributed by atoms with van der Waals surface area (Å²) in [6.45, 7) is 0.639. The van der Waals surface area contributed by atoms with Gasteiger partial charge in [-0.1, -0.05) is 23.4 Å². The average Bonchev–Trinajstić information content (AvgIpc) is 3.35. The van der Waals surface area contributed by atoms with Crippen molar-refractivity contribution in [2.75, 3.05) is 18.0 Å². The van der Waals surface area contributed by atoms with E-state index in [1.54, 1.807) is 11.0 Å². The number of carbonyl (C=O) groups excluding carboxylic acids is 2. The molecule has 2 amide bonds. The number of rotatable bonds is 4. The van der Waals surface area contributed by atoms with Crippen LogP contribution in [0.4, 0.5) is 5.69 Å². The highest BCUT2D eigenvalue weighted by molar-refractivity contribution is 6.00. The van der Waals surface area contributed by atoms with E-state index < -0.39 is 0 Å². The summed E-state index contributed by atoms with van der Waals surface area (Å²) in [6, 6.07) is 9.58. The molecular weight excluding hydrogens is 306 g/mol. The van der Waals surface area contributed by atoms with Gasteiger partial charge < -0.3 is 14.7 Å². The van der Waals surface area contributed by atoms with Crippen molar-refractivity contribution in [2.45, 2.75) is 31.6 Å². The van der Waals surface area contributed by atoms with E-state index in [0.29, 0.717) is 12.5 Å². The number of amides is 2. The molecule has 24 heavy (non-hydrogen) atoms. The highest BCUT2D eigenvalue weighted by Gasteiger charge is 2.29. The van der Waals surface area contributed by atoms with E-state index in [0.717, 1.165) is 37.1 Å². The van der Waals surface area contributed by atoms with Gasteiger partial charge in [0.2, 0.25) is 5.91 Å². The monoisotopic (exact) mass is 325 g/mol. The van der Waals surface area contributed by atoms with E-state index in [9.17, 15) is 9.59 Å². The van der Waals surface area contributed by atoms with Crippen LogP contribution in [0.5, 0.6) is 0 Å². The molecule has 2 aliphatic rings. The lowest BCUT2D eigenvalue weighted by Crippen LogP contribution is -2.42. The summed E-state index contributed by atoms with van der Waals surface area (Å²) in [5.74, 6) is 0.688. The molecule has 0 atom stereocenters. The molecule has 2 aromatic rings. The Kier molecular flexibility index (Phi) is 3.80. The van der Waals surface area contributed by atoms with Gasteiger partial charge in [0, 0.05) is 24.2 Å². The van der Waals surface area contributed by atoms with Crippen LogP contribution >= 0.6 is 0 Å². The van der Waals surface area contributed by atoms with Crippen molar-refractivity contribution in [1.82, 2.24) is 10.5 Å². The van der Waals surface area contributed by atoms with Gasteiger partial charge in [0.05, 0.1) is 6.54 Å². The highest BCUT2D eigenvalue weighted by Crippen LogP contribution is 2.40. The lowest BCUT2D eigenvalue weighted by atomic mass is 10.0. The first-order chi connectivity index (χ1) is 11.7. The number of hydrogen-bond acceptors (Lipinski definition) is 4. The first kappa shape index (κ1) is 14.9. The van der Waals surface area contributed by atoms with Crippen LogP contribution in [0.15, 0.2) is 34.9 Å². The van der Waals surface area contributed by atoms with E-state index in [1.807, 2.05) is 24.3 Å². The molecule has 6 heteroatoms. The molecule has 1 N–H and O–H groups in total. The molecule has 1 aliphatic heterocycles. The van der Waals surface area contributed by atoms with Crippen molar-refractivity contribution >= 4 is 17.5 Å². The van der Waals surface area contributed by atoms with Gasteiger partial charge in [-0.05, 0) is 37.3 Å². The zero-order valence-electron chi connectivity index (χ0n) is 13.3. The molecule has 1 aliphatic carbocycles. The van der Waals surface area contributed by atoms with E-state index in [2.05, 4.69) is 10.5 Å². The summed E-state index contributed by atoms with van der Waals surface area (Å²) >= 11 is 0. The predicted molar refractivity (Wildman–Crippen MR) is 87.9 cm³/mol. The van der Waals surface area contributed by atoms with Crippen LogP contribution in [0.2, 0.25) is 0 Å². The van der Waals surface area contributed by atoms with Crippen LogP contribution in [-0.4, -0.2) is 30.1 Å². The van der Waals surface area contributed by atoms with Gasteiger partial charge in [0.1, 0.15) is 5.76 Å². The summed E-state index contributed by atoms with van der Waals surface area (Å²) in [6.07, 6.45) is 4.09. The first-order valence-corrected chi connectivity index (χ1v) is 8.35. The van der Waals surface area contributed by atoms with Crippen LogP contribution < -0.4 is 10.2 Å². The van der Waals surface area contributed by atoms with Crippen molar-refractivity contribution in [1.29, 1.82) is 0 Å². The van der Waals surface area contributed by atoms with Crippen molar-refractivity contribution in [3.8, 4) is 0 Å². The molecule has 124 valence electrons. The highest BCUT2D eigenvalue weighted by atomic mass is 16.5. The molecule has 0 unspecified atom stereocenters. The van der Waals surface area contributed by atoms with E-state index >= 15 is 0 Å². The maximum absolute atomic E-state index is 12.5. The Morgan fingerprint density at radius 1 is 1.29 bits per heavy atom. The maximum Gasteiger partial charge on any atom is 0.273 e. The molecular formula is C18H19N3O3. The second-order valence-corrected chi connectivity index (χ2v) is 6.35.